The summed E-state index contributed by atoms with van der Waals surface area (Å²) in [5.41, 5.74) is 4.29. The molecule has 0 bridgehead atoms. The lowest BCUT2D eigenvalue weighted by molar-refractivity contribution is 0.101. The number of phenols is 1. The van der Waals surface area contributed by atoms with Crippen LogP contribution in [0.15, 0.2) is 12.1 Å². The fraction of sp³-hybridized carbons (Fsp3) is 0.222. The molecule has 0 aliphatic rings. The van der Waals surface area contributed by atoms with E-state index in [0.717, 1.165) is 12.1 Å². The van der Waals surface area contributed by atoms with E-state index in [2.05, 4.69) is 0 Å². The number of ketones is 1. The molecule has 1 aromatic rings. The molecule has 3 nitrogen and oxygen atoms in total. The number of aromatic hydroxyl groups is 1. The van der Waals surface area contributed by atoms with Gasteiger partial charge in [-0.05, 0) is 13.0 Å². The van der Waals surface area contributed by atoms with E-state index >= 15 is 0 Å². The predicted octanol–water partition coefficient (Wildman–Crippen LogP) is 2.11. The first-order chi connectivity index (χ1) is 6.45. The second kappa shape index (κ2) is 3.61. The van der Waals surface area contributed by atoms with Crippen molar-refractivity contribution >= 4 is 11.5 Å². The minimum absolute atomic E-state index is 0.0492. The summed E-state index contributed by atoms with van der Waals surface area (Å²) >= 11 is 0. The Labute approximate surface area is 79.2 Å². The summed E-state index contributed by atoms with van der Waals surface area (Å²) in [7, 11) is 0. The summed E-state index contributed by atoms with van der Waals surface area (Å²) in [6, 6.07) is 2.17. The van der Waals surface area contributed by atoms with E-state index < -0.39 is 29.2 Å². The molecule has 0 spiro atoms. The molecule has 1 aromatic carbocycles. The number of halogens is 2. The van der Waals surface area contributed by atoms with E-state index in [-0.39, 0.29) is 5.56 Å². The van der Waals surface area contributed by atoms with Crippen molar-refractivity contribution in [2.75, 3.05) is 5.73 Å². The zero-order valence-electron chi connectivity index (χ0n) is 7.42. The number of hydrogen-bond donors (Lipinski definition) is 2. The fourth-order valence-corrected chi connectivity index (χ4v) is 1.10. The number of alkyl halides is 2. The maximum absolute atomic E-state index is 12.3. The summed E-state index contributed by atoms with van der Waals surface area (Å²) in [5, 5.41) is 9.32. The number of hydrogen-bond acceptors (Lipinski definition) is 3. The number of Topliss-reactive ketones (excluding diaryl/α,β-unsaturated/α-hetero) is 1. The maximum atomic E-state index is 12.3. The molecule has 3 N–H and O–H groups in total. The Morgan fingerprint density at radius 3 is 2.50 bits per heavy atom. The lowest BCUT2D eigenvalue weighted by Gasteiger charge is -2.08. The Morgan fingerprint density at radius 2 is 2.07 bits per heavy atom. The first-order valence-electron chi connectivity index (χ1n) is 3.85. The Hall–Kier alpha value is -1.65. The zero-order valence-corrected chi connectivity index (χ0v) is 7.42. The van der Waals surface area contributed by atoms with Gasteiger partial charge in [-0.3, -0.25) is 4.79 Å². The number of carbonyl (C=O) groups is 1. The fourth-order valence-electron chi connectivity index (χ4n) is 1.10. The van der Waals surface area contributed by atoms with Crippen molar-refractivity contribution in [1.29, 1.82) is 0 Å². The molecule has 5 heteroatoms. The van der Waals surface area contributed by atoms with Gasteiger partial charge in [-0.1, -0.05) is 6.07 Å². The van der Waals surface area contributed by atoms with Crippen LogP contribution < -0.4 is 5.73 Å². The molecule has 76 valence electrons. The highest BCUT2D eigenvalue weighted by atomic mass is 19.3. The molecule has 0 aliphatic heterocycles. The van der Waals surface area contributed by atoms with E-state index in [4.69, 9.17) is 5.73 Å². The van der Waals surface area contributed by atoms with Gasteiger partial charge in [-0.15, -0.1) is 0 Å². The molecule has 0 aliphatic carbocycles. The van der Waals surface area contributed by atoms with Crippen molar-refractivity contribution in [2.45, 2.75) is 13.3 Å². The maximum Gasteiger partial charge on any atom is 0.265 e. The molecule has 0 aromatic heterocycles. The van der Waals surface area contributed by atoms with Crippen molar-refractivity contribution in [1.82, 2.24) is 0 Å². The highest BCUT2D eigenvalue weighted by molar-refractivity contribution is 5.98. The zero-order chi connectivity index (χ0) is 10.9. The molecular weight excluding hydrogens is 192 g/mol. The van der Waals surface area contributed by atoms with Crippen LogP contribution in [0, 0.1) is 0 Å². The number of benzene rings is 1. The number of phenolic OH excluding ortho intramolecular Hbond substituents is 1. The van der Waals surface area contributed by atoms with Crippen molar-refractivity contribution in [3.8, 4) is 5.75 Å². The second-order valence-electron chi connectivity index (χ2n) is 2.82. The molecule has 0 atom stereocenters. The van der Waals surface area contributed by atoms with Crippen LogP contribution in [0.4, 0.5) is 14.5 Å². The molecule has 0 amide bonds. The highest BCUT2D eigenvalue weighted by Crippen LogP contribution is 2.34. The Kier molecular flexibility index (Phi) is 2.69. The molecule has 0 saturated carbocycles. The number of nitrogens with two attached hydrogens (primary N) is 1. The summed E-state index contributed by atoms with van der Waals surface area (Å²) in [6.07, 6.45) is -2.76. The monoisotopic (exact) mass is 201 g/mol. The summed E-state index contributed by atoms with van der Waals surface area (Å²) in [6.45, 7) is 1.22. The largest absolute Gasteiger partial charge is 0.505 e. The van der Waals surface area contributed by atoms with Crippen LogP contribution in [0.25, 0.3) is 0 Å². The minimum Gasteiger partial charge on any atom is -0.505 e. The standard InChI is InChI=1S/C9H9F2NO2/c1-4(13)5-2-3-6(9(10)11)7(12)8(5)14/h2-3,9,14H,12H2,1H3. The van der Waals surface area contributed by atoms with Gasteiger partial charge >= 0.3 is 0 Å². The SMILES string of the molecule is CC(=O)c1ccc(C(F)F)c(N)c1O. The molecule has 0 saturated heterocycles. The first-order valence-corrected chi connectivity index (χ1v) is 3.85. The van der Waals surface area contributed by atoms with Gasteiger partial charge in [0.15, 0.2) is 5.78 Å². The Bertz CT molecular complexity index is 377. The Morgan fingerprint density at radius 1 is 1.50 bits per heavy atom. The third-order valence-corrected chi connectivity index (χ3v) is 1.87. The molecule has 0 unspecified atom stereocenters. The molecule has 0 heterocycles. The predicted molar refractivity (Wildman–Crippen MR) is 47.5 cm³/mol. The summed E-state index contributed by atoms with van der Waals surface area (Å²) in [4.78, 5) is 10.9. The molecule has 0 fully saturated rings. The van der Waals surface area contributed by atoms with Gasteiger partial charge in [-0.2, -0.15) is 0 Å². The normalized spacial score (nSPS) is 10.6. The van der Waals surface area contributed by atoms with Gasteiger partial charge in [0.05, 0.1) is 11.3 Å². The third kappa shape index (κ3) is 1.66. The van der Waals surface area contributed by atoms with Gasteiger partial charge in [0.25, 0.3) is 6.43 Å². The molecule has 1 rings (SSSR count). The van der Waals surface area contributed by atoms with Crippen LogP contribution in [-0.2, 0) is 0 Å². The molecule has 0 radical (unpaired) electrons. The van der Waals surface area contributed by atoms with E-state index in [1.54, 1.807) is 0 Å². The number of carbonyl (C=O) groups excluding carboxylic acids is 1. The van der Waals surface area contributed by atoms with E-state index in [1.165, 1.54) is 6.92 Å². The smallest absolute Gasteiger partial charge is 0.265 e. The Balaban J connectivity index is 3.33. The number of nitrogen functional groups attached to an aromatic ring is 1. The quantitative estimate of drug-likeness (QED) is 0.437. The van der Waals surface area contributed by atoms with Crippen LogP contribution in [-0.4, -0.2) is 10.9 Å². The summed E-state index contributed by atoms with van der Waals surface area (Å²) < 4.78 is 24.5. The van der Waals surface area contributed by atoms with Gasteiger partial charge in [-0.25, -0.2) is 8.78 Å². The average molecular weight is 201 g/mol. The van der Waals surface area contributed by atoms with Crippen LogP contribution >= 0.6 is 0 Å². The van der Waals surface area contributed by atoms with E-state index in [9.17, 15) is 18.7 Å². The van der Waals surface area contributed by atoms with Gasteiger partial charge in [0.2, 0.25) is 0 Å². The topological polar surface area (TPSA) is 63.3 Å². The van der Waals surface area contributed by atoms with Gasteiger partial charge < -0.3 is 10.8 Å². The summed E-state index contributed by atoms with van der Waals surface area (Å²) in [5.74, 6) is -0.995. The lowest BCUT2D eigenvalue weighted by Crippen LogP contribution is -2.00. The van der Waals surface area contributed by atoms with Gasteiger partial charge in [0.1, 0.15) is 5.75 Å². The van der Waals surface area contributed by atoms with Crippen LogP contribution in [0.5, 0.6) is 5.75 Å². The minimum atomic E-state index is -2.76. The number of anilines is 1. The van der Waals surface area contributed by atoms with Gasteiger partial charge in [0, 0.05) is 5.56 Å². The third-order valence-electron chi connectivity index (χ3n) is 1.87. The van der Waals surface area contributed by atoms with Crippen LogP contribution in [0.3, 0.4) is 0 Å². The van der Waals surface area contributed by atoms with Crippen molar-refractivity contribution < 1.29 is 18.7 Å². The lowest BCUT2D eigenvalue weighted by atomic mass is 10.1. The first kappa shape index (κ1) is 10.4. The second-order valence-corrected chi connectivity index (χ2v) is 2.82. The molecule has 14 heavy (non-hydrogen) atoms. The average Bonchev–Trinajstić information content (AvgIpc) is 2.08. The number of rotatable bonds is 2. The van der Waals surface area contributed by atoms with Crippen molar-refractivity contribution in [3.63, 3.8) is 0 Å². The van der Waals surface area contributed by atoms with E-state index in [0.29, 0.717) is 0 Å². The van der Waals surface area contributed by atoms with E-state index in [1.807, 2.05) is 0 Å². The van der Waals surface area contributed by atoms with Crippen LogP contribution in [0.1, 0.15) is 29.3 Å². The highest BCUT2D eigenvalue weighted by Gasteiger charge is 2.18. The van der Waals surface area contributed by atoms with Crippen molar-refractivity contribution in [3.05, 3.63) is 23.3 Å². The molecular formula is C9H9F2NO2. The van der Waals surface area contributed by atoms with Crippen molar-refractivity contribution in [2.24, 2.45) is 0 Å². The van der Waals surface area contributed by atoms with Crippen LogP contribution in [0.2, 0.25) is 0 Å².